The highest BCUT2D eigenvalue weighted by molar-refractivity contribution is 7.99. The summed E-state index contributed by atoms with van der Waals surface area (Å²) >= 11 is 2.05. The van der Waals surface area contributed by atoms with Crippen molar-refractivity contribution in [1.29, 1.82) is 0 Å². The molecule has 0 radical (unpaired) electrons. The van der Waals surface area contributed by atoms with Crippen molar-refractivity contribution in [3.63, 3.8) is 0 Å². The fourth-order valence-corrected chi connectivity index (χ4v) is 3.49. The zero-order chi connectivity index (χ0) is 13.5. The lowest BCUT2D eigenvalue weighted by Gasteiger charge is -2.24. The molecule has 2 heterocycles. The fraction of sp³-hybridized carbons (Fsp3) is 0.714. The molecule has 0 atom stereocenters. The number of thioether (sulfide) groups is 1. The molecule has 19 heavy (non-hydrogen) atoms. The molecule has 106 valence electrons. The summed E-state index contributed by atoms with van der Waals surface area (Å²) < 4.78 is 0. The van der Waals surface area contributed by atoms with Crippen LogP contribution in [-0.4, -0.2) is 34.1 Å². The van der Waals surface area contributed by atoms with E-state index in [1.54, 1.807) is 6.33 Å². The molecule has 0 bridgehead atoms. The van der Waals surface area contributed by atoms with Crippen molar-refractivity contribution in [1.82, 2.24) is 9.97 Å². The second kappa shape index (κ2) is 7.58. The van der Waals surface area contributed by atoms with E-state index >= 15 is 0 Å². The third-order valence-electron chi connectivity index (χ3n) is 3.35. The van der Waals surface area contributed by atoms with Gasteiger partial charge in [-0.1, -0.05) is 13.3 Å². The number of nitrogens with zero attached hydrogens (tertiary/aromatic N) is 2. The van der Waals surface area contributed by atoms with E-state index < -0.39 is 0 Å². The third-order valence-corrected chi connectivity index (χ3v) is 4.40. The maximum atomic E-state index is 4.47. The predicted octanol–water partition coefficient (Wildman–Crippen LogP) is 3.17. The van der Waals surface area contributed by atoms with Gasteiger partial charge in [-0.05, 0) is 37.7 Å². The SMILES string of the molecule is CCCc1c(NCC)ncnc1NC1CCSCC1. The molecule has 0 spiro atoms. The van der Waals surface area contributed by atoms with Gasteiger partial charge < -0.3 is 10.6 Å². The third kappa shape index (κ3) is 4.00. The Labute approximate surface area is 120 Å². The van der Waals surface area contributed by atoms with Crippen LogP contribution in [-0.2, 0) is 6.42 Å². The van der Waals surface area contributed by atoms with Gasteiger partial charge in [0, 0.05) is 18.2 Å². The molecule has 1 aromatic rings. The van der Waals surface area contributed by atoms with Crippen LogP contribution in [0.5, 0.6) is 0 Å². The van der Waals surface area contributed by atoms with Gasteiger partial charge >= 0.3 is 0 Å². The van der Waals surface area contributed by atoms with Crippen LogP contribution in [0.15, 0.2) is 6.33 Å². The fourth-order valence-electron chi connectivity index (χ4n) is 2.38. The predicted molar refractivity (Wildman–Crippen MR) is 84.2 cm³/mol. The molecule has 0 saturated carbocycles. The minimum absolute atomic E-state index is 0.571. The Morgan fingerprint density at radius 2 is 1.95 bits per heavy atom. The Morgan fingerprint density at radius 3 is 2.63 bits per heavy atom. The Balaban J connectivity index is 2.14. The number of anilines is 2. The normalized spacial score (nSPS) is 16.3. The summed E-state index contributed by atoms with van der Waals surface area (Å²) in [5.74, 6) is 4.54. The van der Waals surface area contributed by atoms with Gasteiger partial charge in [-0.3, -0.25) is 0 Å². The number of hydrogen-bond acceptors (Lipinski definition) is 5. The summed E-state index contributed by atoms with van der Waals surface area (Å²) in [6.07, 6.45) is 6.26. The van der Waals surface area contributed by atoms with E-state index in [4.69, 9.17) is 0 Å². The first-order valence-corrected chi connectivity index (χ1v) is 8.42. The highest BCUT2D eigenvalue weighted by atomic mass is 32.2. The molecule has 4 nitrogen and oxygen atoms in total. The van der Waals surface area contributed by atoms with Crippen molar-refractivity contribution in [2.24, 2.45) is 0 Å². The van der Waals surface area contributed by atoms with E-state index in [0.717, 1.165) is 31.0 Å². The van der Waals surface area contributed by atoms with Crippen LogP contribution in [0, 0.1) is 0 Å². The van der Waals surface area contributed by atoms with E-state index in [-0.39, 0.29) is 0 Å². The number of rotatable bonds is 6. The average Bonchev–Trinajstić information content (AvgIpc) is 2.44. The van der Waals surface area contributed by atoms with Crippen molar-refractivity contribution in [2.75, 3.05) is 28.7 Å². The van der Waals surface area contributed by atoms with Gasteiger partial charge in [0.15, 0.2) is 0 Å². The van der Waals surface area contributed by atoms with Crippen LogP contribution in [0.1, 0.15) is 38.7 Å². The van der Waals surface area contributed by atoms with E-state index in [2.05, 4.69) is 34.4 Å². The molecule has 1 saturated heterocycles. The minimum Gasteiger partial charge on any atom is -0.370 e. The van der Waals surface area contributed by atoms with Crippen molar-refractivity contribution in [3.05, 3.63) is 11.9 Å². The highest BCUT2D eigenvalue weighted by Gasteiger charge is 2.17. The van der Waals surface area contributed by atoms with Crippen molar-refractivity contribution >= 4 is 23.4 Å². The lowest BCUT2D eigenvalue weighted by molar-refractivity contribution is 0.661. The van der Waals surface area contributed by atoms with Gasteiger partial charge in [0.05, 0.1) is 0 Å². The van der Waals surface area contributed by atoms with Crippen LogP contribution in [0.25, 0.3) is 0 Å². The molecule has 1 aliphatic heterocycles. The Bertz CT molecular complexity index is 391. The van der Waals surface area contributed by atoms with Crippen molar-refractivity contribution in [2.45, 2.75) is 45.6 Å². The number of hydrogen-bond donors (Lipinski definition) is 2. The van der Waals surface area contributed by atoms with Crippen LogP contribution >= 0.6 is 11.8 Å². The quantitative estimate of drug-likeness (QED) is 0.838. The molecular weight excluding hydrogens is 256 g/mol. The van der Waals surface area contributed by atoms with Gasteiger partial charge in [0.1, 0.15) is 18.0 Å². The first-order chi connectivity index (χ1) is 9.35. The molecule has 2 N–H and O–H groups in total. The average molecular weight is 280 g/mol. The molecule has 1 fully saturated rings. The second-order valence-electron chi connectivity index (χ2n) is 4.86. The zero-order valence-corrected chi connectivity index (χ0v) is 12.7. The maximum absolute atomic E-state index is 4.47. The van der Waals surface area contributed by atoms with Crippen molar-refractivity contribution in [3.8, 4) is 0 Å². The Hall–Kier alpha value is -0.970. The molecule has 0 aliphatic carbocycles. The molecule has 5 heteroatoms. The lowest BCUT2D eigenvalue weighted by atomic mass is 10.1. The van der Waals surface area contributed by atoms with Gasteiger partial charge in [-0.15, -0.1) is 0 Å². The molecule has 1 aromatic heterocycles. The molecule has 0 amide bonds. The van der Waals surface area contributed by atoms with Crippen molar-refractivity contribution < 1.29 is 0 Å². The van der Waals surface area contributed by atoms with Crippen LogP contribution in [0.2, 0.25) is 0 Å². The summed E-state index contributed by atoms with van der Waals surface area (Å²) in [4.78, 5) is 8.84. The Kier molecular flexibility index (Phi) is 5.76. The summed E-state index contributed by atoms with van der Waals surface area (Å²) in [5.41, 5.74) is 1.24. The molecule has 1 aliphatic rings. The molecule has 0 aromatic carbocycles. The number of nitrogens with one attached hydrogen (secondary N) is 2. The summed E-state index contributed by atoms with van der Waals surface area (Å²) in [5, 5.41) is 6.97. The monoisotopic (exact) mass is 280 g/mol. The summed E-state index contributed by atoms with van der Waals surface area (Å²) in [7, 11) is 0. The van der Waals surface area contributed by atoms with E-state index in [0.29, 0.717) is 6.04 Å². The van der Waals surface area contributed by atoms with Gasteiger partial charge in [0.2, 0.25) is 0 Å². The standard InChI is InChI=1S/C14H24N4S/c1-3-5-12-13(15-4-2)16-10-17-14(12)18-11-6-8-19-9-7-11/h10-11H,3-9H2,1-2H3,(H2,15,16,17,18). The minimum atomic E-state index is 0.571. The lowest BCUT2D eigenvalue weighted by Crippen LogP contribution is -2.26. The van der Waals surface area contributed by atoms with Crippen LogP contribution in [0.4, 0.5) is 11.6 Å². The first-order valence-electron chi connectivity index (χ1n) is 7.27. The maximum Gasteiger partial charge on any atom is 0.134 e. The summed E-state index contributed by atoms with van der Waals surface area (Å²) in [6.45, 7) is 5.19. The highest BCUT2D eigenvalue weighted by Crippen LogP contribution is 2.25. The molecular formula is C14H24N4S. The smallest absolute Gasteiger partial charge is 0.134 e. The van der Waals surface area contributed by atoms with Gasteiger partial charge in [-0.25, -0.2) is 9.97 Å². The second-order valence-corrected chi connectivity index (χ2v) is 6.09. The van der Waals surface area contributed by atoms with Gasteiger partial charge in [0.25, 0.3) is 0 Å². The van der Waals surface area contributed by atoms with Gasteiger partial charge in [-0.2, -0.15) is 11.8 Å². The molecule has 2 rings (SSSR count). The zero-order valence-electron chi connectivity index (χ0n) is 11.9. The van der Waals surface area contributed by atoms with E-state index in [1.165, 1.54) is 29.9 Å². The number of aromatic nitrogens is 2. The summed E-state index contributed by atoms with van der Waals surface area (Å²) in [6, 6.07) is 0.571. The van der Waals surface area contributed by atoms with Crippen LogP contribution < -0.4 is 10.6 Å². The first kappa shape index (κ1) is 14.4. The van der Waals surface area contributed by atoms with Crippen LogP contribution in [0.3, 0.4) is 0 Å². The van der Waals surface area contributed by atoms with E-state index in [9.17, 15) is 0 Å². The topological polar surface area (TPSA) is 49.8 Å². The molecule has 0 unspecified atom stereocenters. The van der Waals surface area contributed by atoms with E-state index in [1.807, 2.05) is 11.8 Å². The Morgan fingerprint density at radius 1 is 1.21 bits per heavy atom. The largest absolute Gasteiger partial charge is 0.370 e.